The lowest BCUT2D eigenvalue weighted by Crippen LogP contribution is -2.09. The van der Waals surface area contributed by atoms with Crippen LogP contribution in [0.1, 0.15) is 6.92 Å². The molecule has 0 aromatic rings. The van der Waals surface area contributed by atoms with Gasteiger partial charge in [0, 0.05) is 5.92 Å². The summed E-state index contributed by atoms with van der Waals surface area (Å²) in [6.07, 6.45) is -1.05. The number of carbonyl (C=O) groups excluding carboxylic acids is 2. The second kappa shape index (κ2) is 4.39. The number of ether oxygens (including phenoxy) is 2. The van der Waals surface area contributed by atoms with E-state index in [-0.39, 0.29) is 0 Å². The smallest absolute Gasteiger partial charge is 0.437 e. The molecule has 0 rings (SSSR count). The van der Waals surface area contributed by atoms with Crippen molar-refractivity contribution in [3.8, 4) is 11.8 Å². The molecule has 0 aliphatic rings. The van der Waals surface area contributed by atoms with E-state index >= 15 is 0 Å². The first-order valence-corrected chi connectivity index (χ1v) is 2.43. The van der Waals surface area contributed by atoms with Gasteiger partial charge < -0.3 is 9.47 Å². The van der Waals surface area contributed by atoms with Crippen molar-refractivity contribution in [1.29, 1.82) is 0 Å². The van der Waals surface area contributed by atoms with Crippen molar-refractivity contribution in [3.05, 3.63) is 0 Å². The molecule has 0 spiro atoms. The number of methoxy groups -OCH3 is 1. The van der Waals surface area contributed by atoms with Gasteiger partial charge in [-0.3, -0.25) is 0 Å². The van der Waals surface area contributed by atoms with E-state index in [4.69, 9.17) is 0 Å². The van der Waals surface area contributed by atoms with Crippen molar-refractivity contribution < 1.29 is 19.1 Å². The molecule has 54 valence electrons. The quantitative estimate of drug-likeness (QED) is 0.211. The largest absolute Gasteiger partial charge is 0.516 e. The van der Waals surface area contributed by atoms with Crippen LogP contribution in [0.25, 0.3) is 0 Å². The highest BCUT2D eigenvalue weighted by molar-refractivity contribution is 5.94. The second-order valence-electron chi connectivity index (χ2n) is 1.22. The van der Waals surface area contributed by atoms with Gasteiger partial charge >= 0.3 is 12.1 Å². The van der Waals surface area contributed by atoms with Gasteiger partial charge in [-0.15, -0.1) is 0 Å². The molecule has 0 fully saturated rings. The Morgan fingerprint density at radius 3 is 2.40 bits per heavy atom. The Morgan fingerprint density at radius 2 is 2.00 bits per heavy atom. The van der Waals surface area contributed by atoms with Gasteiger partial charge in [0.25, 0.3) is 0 Å². The average molecular weight is 142 g/mol. The summed E-state index contributed by atoms with van der Waals surface area (Å²) in [6, 6.07) is 0. The molecule has 0 aliphatic carbocycles. The molecular formula is C6H6O4. The molecule has 0 aliphatic heterocycles. The lowest BCUT2D eigenvalue weighted by Gasteiger charge is -1.92. The number of carbonyl (C=O) groups is 2. The predicted molar refractivity (Wildman–Crippen MR) is 31.9 cm³/mol. The lowest BCUT2D eigenvalue weighted by molar-refractivity contribution is -0.132. The second-order valence-corrected chi connectivity index (χ2v) is 1.22. The zero-order valence-electron chi connectivity index (χ0n) is 5.63. The van der Waals surface area contributed by atoms with Crippen LogP contribution in [0.2, 0.25) is 0 Å². The van der Waals surface area contributed by atoms with Crippen molar-refractivity contribution in [1.82, 2.24) is 0 Å². The molecule has 0 bridgehead atoms. The molecule has 10 heavy (non-hydrogen) atoms. The van der Waals surface area contributed by atoms with E-state index in [2.05, 4.69) is 15.4 Å². The van der Waals surface area contributed by atoms with Gasteiger partial charge in [0.05, 0.1) is 7.11 Å². The van der Waals surface area contributed by atoms with Gasteiger partial charge in [-0.05, 0) is 6.92 Å². The van der Waals surface area contributed by atoms with Crippen LogP contribution in [0.5, 0.6) is 0 Å². The van der Waals surface area contributed by atoms with Crippen LogP contribution in [0.15, 0.2) is 0 Å². The SMILES string of the molecule is CC#CC(=O)OC(=O)OC. The summed E-state index contributed by atoms with van der Waals surface area (Å²) in [5.74, 6) is 3.36. The van der Waals surface area contributed by atoms with E-state index in [1.54, 1.807) is 0 Å². The topological polar surface area (TPSA) is 52.6 Å². The third kappa shape index (κ3) is 3.50. The Hall–Kier alpha value is -1.50. The number of esters is 1. The lowest BCUT2D eigenvalue weighted by atomic mass is 10.6. The molecule has 0 N–H and O–H groups in total. The van der Waals surface area contributed by atoms with Gasteiger partial charge in [-0.25, -0.2) is 9.59 Å². The Morgan fingerprint density at radius 1 is 1.40 bits per heavy atom. The van der Waals surface area contributed by atoms with E-state index in [0.29, 0.717) is 0 Å². The fourth-order valence-electron chi connectivity index (χ4n) is 0.245. The minimum absolute atomic E-state index is 0.908. The van der Waals surface area contributed by atoms with Crippen LogP contribution in [0.3, 0.4) is 0 Å². The van der Waals surface area contributed by atoms with Gasteiger partial charge in [-0.1, -0.05) is 5.92 Å². The van der Waals surface area contributed by atoms with Gasteiger partial charge in [-0.2, -0.15) is 0 Å². The first-order valence-electron chi connectivity index (χ1n) is 2.43. The third-order valence-corrected chi connectivity index (χ3v) is 0.570. The zero-order chi connectivity index (χ0) is 7.98. The Balaban J connectivity index is 3.76. The Kier molecular flexibility index (Phi) is 3.73. The molecule has 0 radical (unpaired) electrons. The van der Waals surface area contributed by atoms with E-state index < -0.39 is 12.1 Å². The molecule has 4 heteroatoms. The molecule has 0 aromatic carbocycles. The molecule has 0 aromatic heterocycles. The predicted octanol–water partition coefficient (Wildman–Crippen LogP) is 0.319. The molecule has 0 atom stereocenters. The summed E-state index contributed by atoms with van der Waals surface area (Å²) in [6.45, 7) is 1.46. The molecular weight excluding hydrogens is 136 g/mol. The molecule has 4 nitrogen and oxygen atoms in total. The molecule has 0 heterocycles. The van der Waals surface area contributed by atoms with E-state index in [1.165, 1.54) is 6.92 Å². The average Bonchev–Trinajstić information content (AvgIpc) is 1.88. The monoisotopic (exact) mass is 142 g/mol. The van der Waals surface area contributed by atoms with Crippen molar-refractivity contribution in [2.24, 2.45) is 0 Å². The minimum Gasteiger partial charge on any atom is -0.437 e. The maximum absolute atomic E-state index is 10.3. The van der Waals surface area contributed by atoms with E-state index in [9.17, 15) is 9.59 Å². The fourth-order valence-corrected chi connectivity index (χ4v) is 0.245. The number of hydrogen-bond donors (Lipinski definition) is 0. The van der Waals surface area contributed by atoms with Crippen LogP contribution in [-0.2, 0) is 14.3 Å². The summed E-state index contributed by atoms with van der Waals surface area (Å²) >= 11 is 0. The van der Waals surface area contributed by atoms with Crippen LogP contribution in [0.4, 0.5) is 4.79 Å². The maximum Gasteiger partial charge on any atom is 0.516 e. The third-order valence-electron chi connectivity index (χ3n) is 0.570. The van der Waals surface area contributed by atoms with Crippen molar-refractivity contribution in [2.45, 2.75) is 6.92 Å². The number of hydrogen-bond acceptors (Lipinski definition) is 4. The van der Waals surface area contributed by atoms with E-state index in [0.717, 1.165) is 7.11 Å². The fraction of sp³-hybridized carbons (Fsp3) is 0.333. The standard InChI is InChI=1S/C6H6O4/c1-3-4-5(7)10-6(8)9-2/h1-2H3. The highest BCUT2D eigenvalue weighted by Crippen LogP contribution is 1.81. The van der Waals surface area contributed by atoms with Crippen molar-refractivity contribution >= 4 is 12.1 Å². The zero-order valence-corrected chi connectivity index (χ0v) is 5.63. The van der Waals surface area contributed by atoms with Gasteiger partial charge in [0.15, 0.2) is 0 Å². The Bertz CT molecular complexity index is 196. The highest BCUT2D eigenvalue weighted by Gasteiger charge is 2.05. The maximum atomic E-state index is 10.3. The van der Waals surface area contributed by atoms with Crippen molar-refractivity contribution in [2.75, 3.05) is 7.11 Å². The summed E-state index contributed by atoms with van der Waals surface area (Å²) in [4.78, 5) is 20.5. The summed E-state index contributed by atoms with van der Waals surface area (Å²) in [7, 11) is 1.11. The molecule has 0 saturated heterocycles. The first kappa shape index (κ1) is 8.50. The molecule has 0 saturated carbocycles. The van der Waals surface area contributed by atoms with Crippen LogP contribution in [-0.4, -0.2) is 19.2 Å². The highest BCUT2D eigenvalue weighted by atomic mass is 16.7. The Labute approximate surface area is 58.1 Å². The van der Waals surface area contributed by atoms with Gasteiger partial charge in [0.2, 0.25) is 0 Å². The van der Waals surface area contributed by atoms with Gasteiger partial charge in [0.1, 0.15) is 0 Å². The van der Waals surface area contributed by atoms with Crippen LogP contribution >= 0.6 is 0 Å². The molecule has 0 amide bonds. The van der Waals surface area contributed by atoms with Crippen molar-refractivity contribution in [3.63, 3.8) is 0 Å². The summed E-state index contributed by atoms with van der Waals surface area (Å²) in [5.41, 5.74) is 0. The summed E-state index contributed by atoms with van der Waals surface area (Å²) < 4.78 is 7.98. The summed E-state index contributed by atoms with van der Waals surface area (Å²) in [5, 5.41) is 0. The normalized spacial score (nSPS) is 7.00. The molecule has 0 unspecified atom stereocenters. The first-order chi connectivity index (χ1) is 4.70. The minimum atomic E-state index is -1.05. The number of rotatable bonds is 0. The van der Waals surface area contributed by atoms with Crippen LogP contribution < -0.4 is 0 Å². The van der Waals surface area contributed by atoms with Crippen LogP contribution in [0, 0.1) is 11.8 Å². The van der Waals surface area contributed by atoms with E-state index in [1.807, 2.05) is 5.92 Å².